The molecule has 0 atom stereocenters. The van der Waals surface area contributed by atoms with Crippen molar-refractivity contribution in [3.63, 3.8) is 0 Å². The van der Waals surface area contributed by atoms with E-state index in [1.807, 2.05) is 6.92 Å². The second-order valence-corrected chi connectivity index (χ2v) is 9.04. The van der Waals surface area contributed by atoms with E-state index in [4.69, 9.17) is 27.9 Å². The molecule has 0 bridgehead atoms. The lowest BCUT2D eigenvalue weighted by molar-refractivity contribution is -0.141. The molecule has 2 aromatic heterocycles. The third-order valence-corrected chi connectivity index (χ3v) is 5.74. The molecule has 15 heteroatoms. The number of rotatable bonds is 7. The van der Waals surface area contributed by atoms with E-state index in [1.54, 1.807) is 0 Å². The standard InChI is InChI=1S/C24H23Cl2F3N6O4/c1-4-5-9-39-23(38)34(3)33-21(36)15-11-14(25)10-13(2)19(15)31-22(37)17-12-18(24(27,28)29)32-35(17)20-16(26)7-6-8-30-20/h6-8,10-12H,4-5,9H2,1-3H3,(H,31,37)(H,33,36). The minimum Gasteiger partial charge on any atom is -0.448 e. The van der Waals surface area contributed by atoms with Crippen LogP contribution in [0.25, 0.3) is 5.82 Å². The number of nitrogens with one attached hydrogen (secondary N) is 2. The number of carbonyl (C=O) groups excluding carboxylic acids is 3. The lowest BCUT2D eigenvalue weighted by Crippen LogP contribution is -2.44. The minimum atomic E-state index is -4.88. The molecule has 0 aliphatic heterocycles. The van der Waals surface area contributed by atoms with Gasteiger partial charge >= 0.3 is 12.3 Å². The molecule has 39 heavy (non-hydrogen) atoms. The highest BCUT2D eigenvalue weighted by atomic mass is 35.5. The van der Waals surface area contributed by atoms with Crippen LogP contribution in [0.4, 0.5) is 23.7 Å². The number of benzene rings is 1. The van der Waals surface area contributed by atoms with Crippen molar-refractivity contribution in [2.45, 2.75) is 32.9 Å². The molecule has 3 rings (SSSR count). The predicted octanol–water partition coefficient (Wildman–Crippen LogP) is 5.67. The van der Waals surface area contributed by atoms with Gasteiger partial charge in [0.05, 0.1) is 22.9 Å². The summed E-state index contributed by atoms with van der Waals surface area (Å²) in [7, 11) is 1.26. The van der Waals surface area contributed by atoms with Crippen molar-refractivity contribution >= 4 is 46.8 Å². The summed E-state index contributed by atoms with van der Waals surface area (Å²) in [5.74, 6) is -2.11. The van der Waals surface area contributed by atoms with Gasteiger partial charge in [-0.15, -0.1) is 0 Å². The van der Waals surface area contributed by atoms with E-state index in [1.165, 1.54) is 44.4 Å². The summed E-state index contributed by atoms with van der Waals surface area (Å²) in [6.07, 6.45) is -3.00. The molecule has 3 amide bonds. The second kappa shape index (κ2) is 12.3. The van der Waals surface area contributed by atoms with Crippen LogP contribution in [0.2, 0.25) is 10.0 Å². The van der Waals surface area contributed by atoms with Crippen LogP contribution in [0.1, 0.15) is 51.9 Å². The summed E-state index contributed by atoms with van der Waals surface area (Å²) in [6.45, 7) is 3.59. The number of carbonyl (C=O) groups is 3. The van der Waals surface area contributed by atoms with Crippen molar-refractivity contribution in [2.75, 3.05) is 19.0 Å². The summed E-state index contributed by atoms with van der Waals surface area (Å²) in [6, 6.07) is 6.02. The molecular formula is C24H23Cl2F3N6O4. The van der Waals surface area contributed by atoms with E-state index >= 15 is 0 Å². The molecule has 1 aromatic carbocycles. The molecular weight excluding hydrogens is 564 g/mol. The monoisotopic (exact) mass is 586 g/mol. The first-order chi connectivity index (χ1) is 18.3. The number of hydrazine groups is 1. The Balaban J connectivity index is 1.96. The topological polar surface area (TPSA) is 118 Å². The lowest BCUT2D eigenvalue weighted by atomic mass is 10.1. The highest BCUT2D eigenvalue weighted by Crippen LogP contribution is 2.32. The van der Waals surface area contributed by atoms with E-state index < -0.39 is 35.5 Å². The average molecular weight is 587 g/mol. The van der Waals surface area contributed by atoms with E-state index in [9.17, 15) is 27.6 Å². The van der Waals surface area contributed by atoms with Crippen LogP contribution in [-0.2, 0) is 10.9 Å². The molecule has 3 aromatic rings. The summed E-state index contributed by atoms with van der Waals surface area (Å²) in [5.41, 5.74) is 0.481. The zero-order chi connectivity index (χ0) is 28.9. The normalized spacial score (nSPS) is 11.2. The number of aryl methyl sites for hydroxylation is 1. The molecule has 0 radical (unpaired) electrons. The Morgan fingerprint density at radius 1 is 1.15 bits per heavy atom. The van der Waals surface area contributed by atoms with Gasteiger partial charge in [-0.3, -0.25) is 15.0 Å². The van der Waals surface area contributed by atoms with Crippen molar-refractivity contribution in [3.8, 4) is 5.82 Å². The number of amides is 3. The Morgan fingerprint density at radius 2 is 1.87 bits per heavy atom. The number of ether oxygens (including phenoxy) is 1. The van der Waals surface area contributed by atoms with Gasteiger partial charge in [-0.05, 0) is 43.2 Å². The van der Waals surface area contributed by atoms with Crippen LogP contribution in [0, 0.1) is 6.92 Å². The van der Waals surface area contributed by atoms with Crippen LogP contribution in [-0.4, -0.2) is 51.3 Å². The fourth-order valence-corrected chi connectivity index (χ4v) is 3.77. The van der Waals surface area contributed by atoms with Crippen molar-refractivity contribution in [1.82, 2.24) is 25.2 Å². The maximum Gasteiger partial charge on any atom is 0.435 e. The number of alkyl halides is 3. The molecule has 2 heterocycles. The predicted molar refractivity (Wildman–Crippen MR) is 137 cm³/mol. The van der Waals surface area contributed by atoms with Crippen LogP contribution in [0.3, 0.4) is 0 Å². The first-order valence-corrected chi connectivity index (χ1v) is 12.2. The van der Waals surface area contributed by atoms with Gasteiger partial charge in [-0.1, -0.05) is 36.5 Å². The van der Waals surface area contributed by atoms with Gasteiger partial charge in [0, 0.05) is 24.3 Å². The first kappa shape index (κ1) is 29.7. The molecule has 0 aliphatic rings. The number of unbranched alkanes of at least 4 members (excludes halogenated alkanes) is 1. The summed E-state index contributed by atoms with van der Waals surface area (Å²) >= 11 is 12.2. The van der Waals surface area contributed by atoms with E-state index in [0.29, 0.717) is 22.7 Å². The van der Waals surface area contributed by atoms with Crippen LogP contribution >= 0.6 is 23.2 Å². The molecule has 2 N–H and O–H groups in total. The Hall–Kier alpha value is -3.84. The fraction of sp³-hybridized carbons (Fsp3) is 0.292. The zero-order valence-electron chi connectivity index (χ0n) is 20.9. The third-order valence-electron chi connectivity index (χ3n) is 5.22. The van der Waals surface area contributed by atoms with Gasteiger partial charge in [-0.2, -0.15) is 18.3 Å². The highest BCUT2D eigenvalue weighted by molar-refractivity contribution is 6.32. The molecule has 0 aliphatic carbocycles. The third kappa shape index (κ3) is 7.18. The molecule has 0 unspecified atom stereocenters. The van der Waals surface area contributed by atoms with Gasteiger partial charge in [-0.25, -0.2) is 19.5 Å². The number of nitrogens with zero attached hydrogens (tertiary/aromatic N) is 4. The molecule has 10 nitrogen and oxygen atoms in total. The van der Waals surface area contributed by atoms with E-state index in [0.717, 1.165) is 11.4 Å². The van der Waals surface area contributed by atoms with Crippen LogP contribution in [0.15, 0.2) is 36.5 Å². The van der Waals surface area contributed by atoms with Crippen LogP contribution in [0.5, 0.6) is 0 Å². The second-order valence-electron chi connectivity index (χ2n) is 8.20. The number of pyridine rings is 1. The number of hydrogen-bond acceptors (Lipinski definition) is 6. The minimum absolute atomic E-state index is 0.0556. The Kier molecular flexibility index (Phi) is 9.41. The maximum atomic E-state index is 13.5. The maximum absolute atomic E-state index is 13.5. The number of halogens is 5. The van der Waals surface area contributed by atoms with Gasteiger partial charge < -0.3 is 10.1 Å². The SMILES string of the molecule is CCCCOC(=O)N(C)NC(=O)c1cc(Cl)cc(C)c1NC(=O)c1cc(C(F)(F)F)nn1-c1ncccc1Cl. The largest absolute Gasteiger partial charge is 0.448 e. The van der Waals surface area contributed by atoms with Crippen molar-refractivity contribution < 1.29 is 32.3 Å². The number of anilines is 1. The lowest BCUT2D eigenvalue weighted by Gasteiger charge is -2.20. The molecule has 208 valence electrons. The average Bonchev–Trinajstić information content (AvgIpc) is 3.32. The first-order valence-electron chi connectivity index (χ1n) is 11.4. The van der Waals surface area contributed by atoms with Crippen LogP contribution < -0.4 is 10.7 Å². The fourth-order valence-electron chi connectivity index (χ4n) is 3.30. The van der Waals surface area contributed by atoms with Crippen molar-refractivity contribution in [3.05, 3.63) is 69.1 Å². The van der Waals surface area contributed by atoms with Gasteiger partial charge in [0.1, 0.15) is 5.69 Å². The van der Waals surface area contributed by atoms with Crippen molar-refractivity contribution in [1.29, 1.82) is 0 Å². The summed E-state index contributed by atoms with van der Waals surface area (Å²) in [4.78, 5) is 42.4. The Morgan fingerprint density at radius 3 is 2.51 bits per heavy atom. The molecule has 0 saturated carbocycles. The van der Waals surface area contributed by atoms with E-state index in [2.05, 4.69) is 20.8 Å². The summed E-state index contributed by atoms with van der Waals surface area (Å²) < 4.78 is 46.1. The smallest absolute Gasteiger partial charge is 0.435 e. The Labute approximate surface area is 231 Å². The molecule has 0 saturated heterocycles. The van der Waals surface area contributed by atoms with Gasteiger partial charge in [0.25, 0.3) is 11.8 Å². The number of hydrogen-bond donors (Lipinski definition) is 2. The van der Waals surface area contributed by atoms with Crippen molar-refractivity contribution in [2.24, 2.45) is 0 Å². The van der Waals surface area contributed by atoms with Gasteiger partial charge in [0.2, 0.25) is 0 Å². The highest BCUT2D eigenvalue weighted by Gasteiger charge is 2.37. The Bertz CT molecular complexity index is 1400. The number of aromatic nitrogens is 3. The summed E-state index contributed by atoms with van der Waals surface area (Å²) in [5, 5.41) is 6.82. The zero-order valence-corrected chi connectivity index (χ0v) is 22.4. The molecule has 0 fully saturated rings. The quantitative estimate of drug-likeness (QED) is 0.272. The van der Waals surface area contributed by atoms with E-state index in [-0.39, 0.29) is 33.7 Å². The molecule has 0 spiro atoms. The van der Waals surface area contributed by atoms with Gasteiger partial charge in [0.15, 0.2) is 11.5 Å².